The lowest BCUT2D eigenvalue weighted by atomic mass is 9.82. The lowest BCUT2D eigenvalue weighted by Gasteiger charge is -2.47. The zero-order valence-corrected chi connectivity index (χ0v) is 19.2. The minimum absolute atomic E-state index is 0.0643. The van der Waals surface area contributed by atoms with Crippen LogP contribution in [0.4, 0.5) is 4.79 Å². The largest absolute Gasteiger partial charge is 0.444 e. The highest BCUT2D eigenvalue weighted by Crippen LogP contribution is 2.32. The molecule has 4 atom stereocenters. The first-order valence-corrected chi connectivity index (χ1v) is 11.2. The van der Waals surface area contributed by atoms with E-state index in [0.29, 0.717) is 24.4 Å². The van der Waals surface area contributed by atoms with Gasteiger partial charge in [0.2, 0.25) is 5.91 Å². The van der Waals surface area contributed by atoms with E-state index < -0.39 is 11.7 Å². The maximum Gasteiger partial charge on any atom is 0.408 e. The quantitative estimate of drug-likeness (QED) is 0.626. The summed E-state index contributed by atoms with van der Waals surface area (Å²) in [5.74, 6) is 0.487. The summed E-state index contributed by atoms with van der Waals surface area (Å²) in [6.45, 7) is 9.77. The Hall–Kier alpha value is -1.56. The molecule has 0 radical (unpaired) electrons. The number of carbonyl (C=O) groups is 2. The number of hydrogen-bond donors (Lipinski definition) is 2. The molecular weight excluding hydrogens is 366 g/mol. The molecule has 0 aliphatic carbocycles. The molecule has 2 bridgehead atoms. The van der Waals surface area contributed by atoms with E-state index in [4.69, 9.17) is 4.74 Å². The van der Waals surface area contributed by atoms with Crippen molar-refractivity contribution in [3.05, 3.63) is 12.2 Å². The van der Waals surface area contributed by atoms with Crippen molar-refractivity contribution in [2.24, 2.45) is 5.92 Å². The molecule has 0 aromatic carbocycles. The standard InChI is InChI=1S/C23H41N3O3/c1-16(2)13-17(25-22(28)29-23(3,4)5)9-7-12-21(27)24-18-14-19-10-8-11-20(15-18)26(19)6/h7,9,16-20H,8,10-15H2,1-6H3,(H,24,27)(H,25,28)/b9-7+/t17-,18?,19+,20?/m1/s1. The molecule has 2 saturated heterocycles. The average Bonchev–Trinajstić information content (AvgIpc) is 2.53. The van der Waals surface area contributed by atoms with Gasteiger partial charge in [0.15, 0.2) is 0 Å². The fourth-order valence-electron chi connectivity index (χ4n) is 4.51. The predicted octanol–water partition coefficient (Wildman–Crippen LogP) is 4.00. The van der Waals surface area contributed by atoms with Crippen LogP contribution >= 0.6 is 0 Å². The van der Waals surface area contributed by atoms with Crippen LogP contribution in [-0.4, -0.2) is 53.7 Å². The van der Waals surface area contributed by atoms with Gasteiger partial charge in [-0.25, -0.2) is 4.79 Å². The second-order valence-corrected chi connectivity index (χ2v) is 10.2. The summed E-state index contributed by atoms with van der Waals surface area (Å²) in [7, 11) is 2.22. The fraction of sp³-hybridized carbons (Fsp3) is 0.826. The van der Waals surface area contributed by atoms with E-state index in [2.05, 4.69) is 36.4 Å². The number of carbonyl (C=O) groups excluding carboxylic acids is 2. The Bertz CT molecular complexity index is 568. The van der Waals surface area contributed by atoms with Gasteiger partial charge in [0.1, 0.15) is 5.60 Å². The normalized spacial score (nSPS) is 26.4. The third-order valence-electron chi connectivity index (χ3n) is 5.80. The minimum Gasteiger partial charge on any atom is -0.444 e. The SMILES string of the molecule is CC(C)C[C@@H](/C=C/CC(=O)NC1CC2CCC[C@@H](C1)N2C)NC(=O)OC(C)(C)C. The van der Waals surface area contributed by atoms with Crippen molar-refractivity contribution in [3.8, 4) is 0 Å². The second kappa shape index (κ2) is 10.5. The molecule has 0 aromatic rings. The van der Waals surface area contributed by atoms with Crippen molar-refractivity contribution in [2.45, 2.75) is 109 Å². The van der Waals surface area contributed by atoms with Crippen LogP contribution in [0.1, 0.15) is 79.6 Å². The highest BCUT2D eigenvalue weighted by molar-refractivity contribution is 5.77. The van der Waals surface area contributed by atoms with Gasteiger partial charge in [0, 0.05) is 24.5 Å². The summed E-state index contributed by atoms with van der Waals surface area (Å²) in [6, 6.07) is 1.36. The molecule has 166 valence electrons. The molecular formula is C23H41N3O3. The fourth-order valence-corrected chi connectivity index (χ4v) is 4.51. The maximum atomic E-state index is 12.4. The summed E-state index contributed by atoms with van der Waals surface area (Å²) in [5.41, 5.74) is -0.525. The Morgan fingerprint density at radius 1 is 1.17 bits per heavy atom. The Balaban J connectivity index is 1.81. The van der Waals surface area contributed by atoms with Crippen molar-refractivity contribution in [2.75, 3.05) is 7.05 Å². The molecule has 2 unspecified atom stereocenters. The number of rotatable bonds is 7. The van der Waals surface area contributed by atoms with Gasteiger partial charge in [-0.3, -0.25) is 4.79 Å². The number of nitrogens with zero attached hydrogens (tertiary/aromatic N) is 1. The summed E-state index contributed by atoms with van der Waals surface area (Å²) in [6.07, 6.45) is 10.4. The molecule has 6 nitrogen and oxygen atoms in total. The molecule has 2 aliphatic heterocycles. The first-order chi connectivity index (χ1) is 13.5. The average molecular weight is 408 g/mol. The molecule has 2 amide bonds. The van der Waals surface area contributed by atoms with Crippen LogP contribution in [0.3, 0.4) is 0 Å². The molecule has 0 aromatic heterocycles. The molecule has 2 rings (SSSR count). The molecule has 2 fully saturated rings. The number of piperidine rings is 2. The zero-order chi connectivity index (χ0) is 21.6. The van der Waals surface area contributed by atoms with Gasteiger partial charge in [0.25, 0.3) is 0 Å². The van der Waals surface area contributed by atoms with Crippen LogP contribution in [0.5, 0.6) is 0 Å². The number of alkyl carbamates (subject to hydrolysis) is 1. The van der Waals surface area contributed by atoms with Gasteiger partial charge in [-0.15, -0.1) is 0 Å². The van der Waals surface area contributed by atoms with Crippen LogP contribution in [0.2, 0.25) is 0 Å². The van der Waals surface area contributed by atoms with E-state index in [1.165, 1.54) is 19.3 Å². The number of amides is 2. The summed E-state index contributed by atoms with van der Waals surface area (Å²) >= 11 is 0. The number of fused-ring (bicyclic) bond motifs is 2. The Morgan fingerprint density at radius 3 is 2.34 bits per heavy atom. The van der Waals surface area contributed by atoms with Crippen LogP contribution < -0.4 is 10.6 Å². The van der Waals surface area contributed by atoms with Crippen LogP contribution in [0.25, 0.3) is 0 Å². The van der Waals surface area contributed by atoms with Crippen molar-refractivity contribution in [1.82, 2.24) is 15.5 Å². The summed E-state index contributed by atoms with van der Waals surface area (Å²) in [4.78, 5) is 27.0. The van der Waals surface area contributed by atoms with Gasteiger partial charge in [-0.2, -0.15) is 0 Å². The van der Waals surface area contributed by atoms with Crippen molar-refractivity contribution in [3.63, 3.8) is 0 Å². The van der Waals surface area contributed by atoms with Crippen LogP contribution in [0, 0.1) is 5.92 Å². The summed E-state index contributed by atoms with van der Waals surface area (Å²) < 4.78 is 5.36. The molecule has 2 N–H and O–H groups in total. The third-order valence-corrected chi connectivity index (χ3v) is 5.80. The molecule has 6 heteroatoms. The monoisotopic (exact) mass is 407 g/mol. The third kappa shape index (κ3) is 8.37. The Morgan fingerprint density at radius 2 is 1.79 bits per heavy atom. The number of nitrogens with one attached hydrogen (secondary N) is 2. The van der Waals surface area contributed by atoms with E-state index >= 15 is 0 Å². The highest BCUT2D eigenvalue weighted by Gasteiger charge is 2.36. The Labute approximate surface area is 176 Å². The van der Waals surface area contributed by atoms with Crippen molar-refractivity contribution < 1.29 is 14.3 Å². The smallest absolute Gasteiger partial charge is 0.408 e. The van der Waals surface area contributed by atoms with Gasteiger partial charge in [-0.1, -0.05) is 32.4 Å². The molecule has 2 heterocycles. The van der Waals surface area contributed by atoms with Crippen LogP contribution in [0.15, 0.2) is 12.2 Å². The number of ether oxygens (including phenoxy) is 1. The van der Waals surface area contributed by atoms with Crippen molar-refractivity contribution in [1.29, 1.82) is 0 Å². The minimum atomic E-state index is -0.525. The van der Waals surface area contributed by atoms with Gasteiger partial charge >= 0.3 is 6.09 Å². The first kappa shape index (κ1) is 23.7. The van der Waals surface area contributed by atoms with E-state index in [0.717, 1.165) is 19.3 Å². The second-order valence-electron chi connectivity index (χ2n) is 10.2. The van der Waals surface area contributed by atoms with Crippen molar-refractivity contribution >= 4 is 12.0 Å². The topological polar surface area (TPSA) is 70.7 Å². The van der Waals surface area contributed by atoms with E-state index in [-0.39, 0.29) is 18.0 Å². The zero-order valence-electron chi connectivity index (χ0n) is 19.2. The first-order valence-electron chi connectivity index (χ1n) is 11.2. The number of hydrogen-bond acceptors (Lipinski definition) is 4. The van der Waals surface area contributed by atoms with Gasteiger partial charge < -0.3 is 20.3 Å². The van der Waals surface area contributed by atoms with Gasteiger partial charge in [0.05, 0.1) is 6.04 Å². The van der Waals surface area contributed by atoms with E-state index in [9.17, 15) is 9.59 Å². The lowest BCUT2D eigenvalue weighted by Crippen LogP contribution is -2.55. The Kier molecular flexibility index (Phi) is 8.56. The van der Waals surface area contributed by atoms with Gasteiger partial charge in [-0.05, 0) is 65.8 Å². The molecule has 0 spiro atoms. The lowest BCUT2D eigenvalue weighted by molar-refractivity contribution is -0.121. The van der Waals surface area contributed by atoms with E-state index in [1.54, 1.807) is 0 Å². The predicted molar refractivity (Wildman–Crippen MR) is 117 cm³/mol. The molecule has 0 saturated carbocycles. The van der Waals surface area contributed by atoms with Crippen LogP contribution in [-0.2, 0) is 9.53 Å². The molecule has 2 aliphatic rings. The molecule has 29 heavy (non-hydrogen) atoms. The summed E-state index contributed by atoms with van der Waals surface area (Å²) in [5, 5.41) is 6.13. The van der Waals surface area contributed by atoms with E-state index in [1.807, 2.05) is 32.9 Å². The maximum absolute atomic E-state index is 12.4. The highest BCUT2D eigenvalue weighted by atomic mass is 16.6.